The highest BCUT2D eigenvalue weighted by atomic mass is 32.2. The summed E-state index contributed by atoms with van der Waals surface area (Å²) < 4.78 is 31.7. The van der Waals surface area contributed by atoms with Crippen LogP contribution in [0.25, 0.3) is 0 Å². The predicted molar refractivity (Wildman–Crippen MR) is 85.4 cm³/mol. The Kier molecular flexibility index (Phi) is 6.17. The van der Waals surface area contributed by atoms with Gasteiger partial charge in [-0.3, -0.25) is 4.79 Å². The Morgan fingerprint density at radius 1 is 1.22 bits per heavy atom. The molecule has 1 saturated carbocycles. The van der Waals surface area contributed by atoms with Crippen LogP contribution in [0, 0.1) is 19.8 Å². The molecule has 0 unspecified atom stereocenters. The topological polar surface area (TPSA) is 101 Å². The smallest absolute Gasteiger partial charge is 0.246 e. The molecule has 8 heteroatoms. The molecule has 0 spiro atoms. The first-order valence-electron chi connectivity index (χ1n) is 8.09. The summed E-state index contributed by atoms with van der Waals surface area (Å²) in [5, 5.41) is 6.41. The number of nitrogens with one attached hydrogen (secondary N) is 2. The summed E-state index contributed by atoms with van der Waals surface area (Å²) in [5.41, 5.74) is 0.330. The Hall–Kier alpha value is -1.41. The fourth-order valence-corrected chi connectivity index (χ4v) is 4.40. The number of carbonyl (C=O) groups excluding carboxylic acids is 1. The SMILES string of the molecule is Cc1noc(C)c1S(=O)(=O)NCCNC(=O)CC1CCCCC1. The third-order valence-corrected chi connectivity index (χ3v) is 5.88. The zero-order valence-corrected chi connectivity index (χ0v) is 14.5. The van der Waals surface area contributed by atoms with E-state index < -0.39 is 10.0 Å². The molecule has 23 heavy (non-hydrogen) atoms. The Morgan fingerprint density at radius 2 is 1.91 bits per heavy atom. The molecule has 1 aliphatic carbocycles. The van der Waals surface area contributed by atoms with Gasteiger partial charge in [0, 0.05) is 19.5 Å². The molecule has 0 atom stereocenters. The average molecular weight is 343 g/mol. The lowest BCUT2D eigenvalue weighted by Gasteiger charge is -2.20. The van der Waals surface area contributed by atoms with Crippen molar-refractivity contribution in [1.82, 2.24) is 15.2 Å². The van der Waals surface area contributed by atoms with Crippen molar-refractivity contribution < 1.29 is 17.7 Å². The van der Waals surface area contributed by atoms with Gasteiger partial charge < -0.3 is 9.84 Å². The van der Waals surface area contributed by atoms with Gasteiger partial charge in [0.1, 0.15) is 10.6 Å². The van der Waals surface area contributed by atoms with Gasteiger partial charge in [0.2, 0.25) is 15.9 Å². The monoisotopic (exact) mass is 343 g/mol. The molecule has 2 rings (SSSR count). The molecule has 1 heterocycles. The Morgan fingerprint density at radius 3 is 2.52 bits per heavy atom. The minimum Gasteiger partial charge on any atom is -0.360 e. The van der Waals surface area contributed by atoms with Gasteiger partial charge in [-0.25, -0.2) is 13.1 Å². The largest absolute Gasteiger partial charge is 0.360 e. The fourth-order valence-electron chi connectivity index (χ4n) is 3.04. The summed E-state index contributed by atoms with van der Waals surface area (Å²) in [6, 6.07) is 0. The second kappa shape index (κ2) is 7.92. The number of hydrogen-bond donors (Lipinski definition) is 2. The van der Waals surface area contributed by atoms with Crippen molar-refractivity contribution in [3.05, 3.63) is 11.5 Å². The highest BCUT2D eigenvalue weighted by Crippen LogP contribution is 2.26. The molecule has 2 N–H and O–H groups in total. The van der Waals surface area contributed by atoms with E-state index in [-0.39, 0.29) is 29.7 Å². The van der Waals surface area contributed by atoms with E-state index in [4.69, 9.17) is 4.52 Å². The zero-order chi connectivity index (χ0) is 16.9. The molecule has 0 bridgehead atoms. The van der Waals surface area contributed by atoms with Gasteiger partial charge in [-0.05, 0) is 32.6 Å². The normalized spacial score (nSPS) is 16.4. The number of rotatable bonds is 7. The summed E-state index contributed by atoms with van der Waals surface area (Å²) >= 11 is 0. The van der Waals surface area contributed by atoms with Gasteiger partial charge in [-0.15, -0.1) is 0 Å². The third kappa shape index (κ3) is 5.04. The number of amides is 1. The van der Waals surface area contributed by atoms with Crippen molar-refractivity contribution in [2.24, 2.45) is 5.92 Å². The van der Waals surface area contributed by atoms with Crippen LogP contribution in [0.5, 0.6) is 0 Å². The summed E-state index contributed by atoms with van der Waals surface area (Å²) in [6.45, 7) is 3.55. The van der Waals surface area contributed by atoms with Crippen molar-refractivity contribution in [2.45, 2.75) is 57.3 Å². The van der Waals surface area contributed by atoms with E-state index in [2.05, 4.69) is 15.2 Å². The van der Waals surface area contributed by atoms with Crippen molar-refractivity contribution >= 4 is 15.9 Å². The number of aromatic nitrogens is 1. The van der Waals surface area contributed by atoms with Crippen molar-refractivity contribution in [2.75, 3.05) is 13.1 Å². The van der Waals surface area contributed by atoms with Crippen LogP contribution in [0.3, 0.4) is 0 Å². The van der Waals surface area contributed by atoms with Crippen LogP contribution >= 0.6 is 0 Å². The van der Waals surface area contributed by atoms with Crippen LogP contribution in [0.4, 0.5) is 0 Å². The van der Waals surface area contributed by atoms with Gasteiger partial charge in [0.25, 0.3) is 0 Å². The Labute approximate surface area is 137 Å². The van der Waals surface area contributed by atoms with Gasteiger partial charge in [0.05, 0.1) is 0 Å². The summed E-state index contributed by atoms with van der Waals surface area (Å²) in [7, 11) is -3.66. The van der Waals surface area contributed by atoms with E-state index in [0.717, 1.165) is 12.8 Å². The molecular formula is C15H25N3O4S. The standard InChI is InChI=1S/C15H25N3O4S/c1-11-15(12(2)22-18-11)23(20,21)17-9-8-16-14(19)10-13-6-4-3-5-7-13/h13,17H,3-10H2,1-2H3,(H,16,19). The van der Waals surface area contributed by atoms with Crippen LogP contribution in [0.15, 0.2) is 9.42 Å². The first-order chi connectivity index (χ1) is 10.9. The molecule has 1 amide bonds. The van der Waals surface area contributed by atoms with Crippen molar-refractivity contribution in [3.8, 4) is 0 Å². The molecule has 0 aromatic carbocycles. The Bertz CT molecular complexity index is 614. The minimum absolute atomic E-state index is 0.00608. The van der Waals surface area contributed by atoms with Crippen molar-refractivity contribution in [1.29, 1.82) is 0 Å². The summed E-state index contributed by atoms with van der Waals surface area (Å²) in [5.74, 6) is 0.729. The molecule has 1 fully saturated rings. The maximum absolute atomic E-state index is 12.2. The zero-order valence-electron chi connectivity index (χ0n) is 13.7. The number of sulfonamides is 1. The van der Waals surface area contributed by atoms with Crippen LogP contribution in [0.1, 0.15) is 50.0 Å². The molecule has 0 aliphatic heterocycles. The molecule has 1 aromatic rings. The first-order valence-corrected chi connectivity index (χ1v) is 9.57. The van der Waals surface area contributed by atoms with Crippen molar-refractivity contribution in [3.63, 3.8) is 0 Å². The quantitative estimate of drug-likeness (QED) is 0.733. The van der Waals surface area contributed by atoms with Gasteiger partial charge in [-0.2, -0.15) is 0 Å². The molecule has 0 saturated heterocycles. The van der Waals surface area contributed by atoms with Gasteiger partial charge in [0.15, 0.2) is 5.76 Å². The van der Waals surface area contributed by atoms with Crippen LogP contribution in [-0.4, -0.2) is 32.6 Å². The van der Waals surface area contributed by atoms with Crippen LogP contribution < -0.4 is 10.0 Å². The number of carbonyl (C=O) groups is 1. The maximum Gasteiger partial charge on any atom is 0.246 e. The maximum atomic E-state index is 12.2. The van der Waals surface area contributed by atoms with E-state index >= 15 is 0 Å². The van der Waals surface area contributed by atoms with E-state index in [1.54, 1.807) is 13.8 Å². The van der Waals surface area contributed by atoms with E-state index in [1.165, 1.54) is 19.3 Å². The lowest BCUT2D eigenvalue weighted by atomic mass is 9.87. The summed E-state index contributed by atoms with van der Waals surface area (Å²) in [4.78, 5) is 11.9. The molecular weight excluding hydrogens is 318 g/mol. The number of hydrogen-bond acceptors (Lipinski definition) is 5. The molecule has 130 valence electrons. The van der Waals surface area contributed by atoms with Crippen LogP contribution in [0.2, 0.25) is 0 Å². The molecule has 0 radical (unpaired) electrons. The van der Waals surface area contributed by atoms with E-state index in [1.807, 2.05) is 0 Å². The second-order valence-corrected chi connectivity index (χ2v) is 7.81. The first kappa shape index (κ1) is 17.9. The van der Waals surface area contributed by atoms with Gasteiger partial charge >= 0.3 is 0 Å². The minimum atomic E-state index is -3.66. The highest BCUT2D eigenvalue weighted by molar-refractivity contribution is 7.89. The predicted octanol–water partition coefficient (Wildman–Crippen LogP) is 1.66. The average Bonchev–Trinajstić information content (AvgIpc) is 2.84. The lowest BCUT2D eigenvalue weighted by molar-refractivity contribution is -0.122. The second-order valence-electron chi connectivity index (χ2n) is 6.11. The third-order valence-electron chi connectivity index (χ3n) is 4.17. The molecule has 1 aliphatic rings. The number of aryl methyl sites for hydroxylation is 2. The van der Waals surface area contributed by atoms with Crippen LogP contribution in [-0.2, 0) is 14.8 Å². The fraction of sp³-hybridized carbons (Fsp3) is 0.733. The highest BCUT2D eigenvalue weighted by Gasteiger charge is 2.23. The Balaban J connectivity index is 1.73. The summed E-state index contributed by atoms with van der Waals surface area (Å²) in [6.07, 6.45) is 6.45. The molecule has 7 nitrogen and oxygen atoms in total. The molecule has 1 aromatic heterocycles. The van der Waals surface area contributed by atoms with E-state index in [9.17, 15) is 13.2 Å². The van der Waals surface area contributed by atoms with E-state index in [0.29, 0.717) is 18.0 Å². The number of nitrogens with zero attached hydrogens (tertiary/aromatic N) is 1. The van der Waals surface area contributed by atoms with Gasteiger partial charge in [-0.1, -0.05) is 24.4 Å². The lowest BCUT2D eigenvalue weighted by Crippen LogP contribution is -2.35.